The molecule has 9 nitrogen and oxygen atoms in total. The van der Waals surface area contributed by atoms with Crippen LogP contribution in [0.3, 0.4) is 0 Å². The standard InChI is InChI=1S/C20H27N3O6S2/c1-4-29-19(25)15-5-6-16-17(13-15)30-20(23(16)11-12-28-2)21-18(24)14-7-9-22(10-8-14)31(3,26)27/h5-6,13-14H,4,7-12H2,1-3H3. The highest BCUT2D eigenvalue weighted by Crippen LogP contribution is 2.22. The van der Waals surface area contributed by atoms with Gasteiger partial charge < -0.3 is 14.0 Å². The number of piperidine rings is 1. The van der Waals surface area contributed by atoms with Crippen molar-refractivity contribution in [2.75, 3.05) is 39.7 Å². The average Bonchev–Trinajstić information content (AvgIpc) is 3.07. The largest absolute Gasteiger partial charge is 0.462 e. The number of methoxy groups -OCH3 is 1. The minimum absolute atomic E-state index is 0.253. The van der Waals surface area contributed by atoms with Crippen LogP contribution in [0.5, 0.6) is 0 Å². The lowest BCUT2D eigenvalue weighted by molar-refractivity contribution is -0.122. The number of amides is 1. The summed E-state index contributed by atoms with van der Waals surface area (Å²) in [6, 6.07) is 5.26. The minimum Gasteiger partial charge on any atom is -0.462 e. The topological polar surface area (TPSA) is 107 Å². The molecular formula is C20H27N3O6S2. The molecule has 1 aromatic heterocycles. The van der Waals surface area contributed by atoms with Crippen LogP contribution in [0.1, 0.15) is 30.1 Å². The molecule has 1 aliphatic heterocycles. The molecule has 1 aromatic carbocycles. The van der Waals surface area contributed by atoms with E-state index >= 15 is 0 Å². The zero-order valence-corrected chi connectivity index (χ0v) is 19.5. The Labute approximate surface area is 185 Å². The van der Waals surface area contributed by atoms with Crippen LogP contribution in [-0.2, 0) is 30.8 Å². The number of nitrogens with zero attached hydrogens (tertiary/aromatic N) is 3. The number of carbonyl (C=O) groups excluding carboxylic acids is 2. The zero-order valence-electron chi connectivity index (χ0n) is 17.9. The summed E-state index contributed by atoms with van der Waals surface area (Å²) >= 11 is 1.33. The number of fused-ring (bicyclic) bond motifs is 1. The van der Waals surface area contributed by atoms with Crippen LogP contribution in [0, 0.1) is 5.92 Å². The van der Waals surface area contributed by atoms with E-state index in [4.69, 9.17) is 9.47 Å². The van der Waals surface area contributed by atoms with Crippen LogP contribution < -0.4 is 4.80 Å². The Morgan fingerprint density at radius 3 is 2.58 bits per heavy atom. The molecule has 0 unspecified atom stereocenters. The number of thiazole rings is 1. The molecule has 1 saturated heterocycles. The normalized spacial score (nSPS) is 16.7. The van der Waals surface area contributed by atoms with E-state index in [0.29, 0.717) is 56.1 Å². The van der Waals surface area contributed by atoms with Crippen LogP contribution in [0.15, 0.2) is 23.2 Å². The van der Waals surface area contributed by atoms with Crippen LogP contribution in [0.2, 0.25) is 0 Å². The quantitative estimate of drug-likeness (QED) is 0.571. The second-order valence-corrected chi connectivity index (χ2v) is 10.3. The molecule has 0 spiro atoms. The first-order chi connectivity index (χ1) is 14.7. The van der Waals surface area contributed by atoms with Gasteiger partial charge >= 0.3 is 5.97 Å². The second-order valence-electron chi connectivity index (χ2n) is 7.32. The molecule has 3 rings (SSSR count). The molecular weight excluding hydrogens is 442 g/mol. The van der Waals surface area contributed by atoms with Crippen molar-refractivity contribution in [1.29, 1.82) is 0 Å². The molecule has 0 bridgehead atoms. The maximum absolute atomic E-state index is 12.8. The van der Waals surface area contributed by atoms with Gasteiger partial charge in [0.15, 0.2) is 4.80 Å². The fraction of sp³-hybridized carbons (Fsp3) is 0.550. The predicted octanol–water partition coefficient (Wildman–Crippen LogP) is 1.62. The lowest BCUT2D eigenvalue weighted by Gasteiger charge is -2.28. The van der Waals surface area contributed by atoms with E-state index < -0.39 is 16.0 Å². The van der Waals surface area contributed by atoms with Crippen molar-refractivity contribution >= 4 is 43.5 Å². The Bertz CT molecular complexity index is 1130. The van der Waals surface area contributed by atoms with Gasteiger partial charge in [-0.15, -0.1) is 0 Å². The van der Waals surface area contributed by atoms with Crippen molar-refractivity contribution < 1.29 is 27.5 Å². The fourth-order valence-corrected chi connectivity index (χ4v) is 5.49. The molecule has 1 fully saturated rings. The summed E-state index contributed by atoms with van der Waals surface area (Å²) in [5, 5.41) is 0. The number of esters is 1. The number of sulfonamides is 1. The highest BCUT2D eigenvalue weighted by atomic mass is 32.2. The van der Waals surface area contributed by atoms with E-state index in [1.165, 1.54) is 21.9 Å². The predicted molar refractivity (Wildman–Crippen MR) is 117 cm³/mol. The number of hydrogen-bond acceptors (Lipinski definition) is 7. The number of benzene rings is 1. The Hall–Kier alpha value is -2.08. The first kappa shape index (κ1) is 23.6. The lowest BCUT2D eigenvalue weighted by atomic mass is 9.98. The van der Waals surface area contributed by atoms with Crippen molar-refractivity contribution in [3.8, 4) is 0 Å². The first-order valence-electron chi connectivity index (χ1n) is 10.1. The molecule has 1 aliphatic rings. The van der Waals surface area contributed by atoms with Crippen LogP contribution >= 0.6 is 11.3 Å². The van der Waals surface area contributed by atoms with Gasteiger partial charge in [-0.25, -0.2) is 17.5 Å². The monoisotopic (exact) mass is 469 g/mol. The van der Waals surface area contributed by atoms with Gasteiger partial charge in [0.25, 0.3) is 5.91 Å². The Kier molecular flexibility index (Phi) is 7.63. The lowest BCUT2D eigenvalue weighted by Crippen LogP contribution is -2.39. The number of aromatic nitrogens is 1. The van der Waals surface area contributed by atoms with Crippen LogP contribution in [0.4, 0.5) is 0 Å². The van der Waals surface area contributed by atoms with Gasteiger partial charge in [0, 0.05) is 32.7 Å². The molecule has 170 valence electrons. The van der Waals surface area contributed by atoms with E-state index in [1.807, 2.05) is 10.6 Å². The molecule has 1 amide bonds. The molecule has 0 N–H and O–H groups in total. The van der Waals surface area contributed by atoms with Crippen LogP contribution in [0.25, 0.3) is 10.2 Å². The van der Waals surface area contributed by atoms with E-state index in [0.717, 1.165) is 10.2 Å². The summed E-state index contributed by atoms with van der Waals surface area (Å²) < 4.78 is 37.8. The molecule has 2 heterocycles. The maximum Gasteiger partial charge on any atom is 0.338 e. The molecule has 31 heavy (non-hydrogen) atoms. The Balaban J connectivity index is 1.91. The Morgan fingerprint density at radius 1 is 1.26 bits per heavy atom. The first-order valence-corrected chi connectivity index (χ1v) is 12.7. The minimum atomic E-state index is -3.25. The summed E-state index contributed by atoms with van der Waals surface area (Å²) in [5.41, 5.74) is 1.30. The van der Waals surface area contributed by atoms with Gasteiger partial charge in [0.1, 0.15) is 0 Å². The van der Waals surface area contributed by atoms with Crippen molar-refractivity contribution in [2.45, 2.75) is 26.3 Å². The van der Waals surface area contributed by atoms with Crippen molar-refractivity contribution in [2.24, 2.45) is 10.9 Å². The maximum atomic E-state index is 12.8. The number of rotatable bonds is 7. The van der Waals surface area contributed by atoms with Crippen molar-refractivity contribution in [3.05, 3.63) is 28.6 Å². The third-order valence-electron chi connectivity index (χ3n) is 5.19. The van der Waals surface area contributed by atoms with Crippen molar-refractivity contribution in [1.82, 2.24) is 8.87 Å². The highest BCUT2D eigenvalue weighted by Gasteiger charge is 2.29. The van der Waals surface area contributed by atoms with Gasteiger partial charge in [-0.1, -0.05) is 11.3 Å². The smallest absolute Gasteiger partial charge is 0.338 e. The summed E-state index contributed by atoms with van der Waals surface area (Å²) in [5.74, 6) is -0.959. The molecule has 2 aromatic rings. The number of hydrogen-bond donors (Lipinski definition) is 0. The van der Waals surface area contributed by atoms with E-state index in [9.17, 15) is 18.0 Å². The summed E-state index contributed by atoms with van der Waals surface area (Å²) in [6.45, 7) is 3.65. The fourth-order valence-electron chi connectivity index (χ4n) is 3.52. The average molecular weight is 470 g/mol. The van der Waals surface area contributed by atoms with Crippen molar-refractivity contribution in [3.63, 3.8) is 0 Å². The second kappa shape index (κ2) is 10.0. The zero-order chi connectivity index (χ0) is 22.6. The molecule has 11 heteroatoms. The highest BCUT2D eigenvalue weighted by molar-refractivity contribution is 7.88. The molecule has 0 aliphatic carbocycles. The summed E-state index contributed by atoms with van der Waals surface area (Å²) in [4.78, 5) is 29.8. The van der Waals surface area contributed by atoms with E-state index in [1.54, 1.807) is 26.2 Å². The van der Waals surface area contributed by atoms with E-state index in [2.05, 4.69) is 4.99 Å². The molecule has 0 saturated carbocycles. The third kappa shape index (κ3) is 5.59. The molecule has 0 atom stereocenters. The van der Waals surface area contributed by atoms with E-state index in [-0.39, 0.29) is 11.8 Å². The SMILES string of the molecule is CCOC(=O)c1ccc2c(c1)sc(=NC(=O)C1CCN(S(C)(=O)=O)CC1)n2CCOC. The van der Waals surface area contributed by atoms with Gasteiger partial charge in [0.05, 0.1) is 35.2 Å². The van der Waals surface area contributed by atoms with Gasteiger partial charge in [-0.2, -0.15) is 4.99 Å². The van der Waals surface area contributed by atoms with Crippen LogP contribution in [-0.4, -0.2) is 68.8 Å². The number of ether oxygens (including phenoxy) is 2. The van der Waals surface area contributed by atoms with Gasteiger partial charge in [0.2, 0.25) is 10.0 Å². The van der Waals surface area contributed by atoms with Gasteiger partial charge in [-0.3, -0.25) is 4.79 Å². The Morgan fingerprint density at radius 2 is 1.97 bits per heavy atom. The summed E-state index contributed by atoms with van der Waals surface area (Å²) in [7, 11) is -1.64. The molecule has 0 radical (unpaired) electrons. The van der Waals surface area contributed by atoms with Gasteiger partial charge in [-0.05, 0) is 38.0 Å². The summed E-state index contributed by atoms with van der Waals surface area (Å²) in [6.07, 6.45) is 2.08. The number of carbonyl (C=O) groups is 2. The third-order valence-corrected chi connectivity index (χ3v) is 7.54.